The molecule has 2 atom stereocenters. The molecule has 1 aromatic carbocycles. The maximum Gasteiger partial charge on any atom is 0.0417 e. The van der Waals surface area contributed by atoms with Crippen molar-refractivity contribution in [1.82, 2.24) is 4.90 Å². The molecule has 0 bridgehead atoms. The fourth-order valence-electron chi connectivity index (χ4n) is 2.57. The summed E-state index contributed by atoms with van der Waals surface area (Å²) >= 11 is 9.55. The highest BCUT2D eigenvalue weighted by molar-refractivity contribution is 9.10. The minimum absolute atomic E-state index is 0.629. The Labute approximate surface area is 123 Å². The van der Waals surface area contributed by atoms with Gasteiger partial charge in [0, 0.05) is 22.6 Å². The van der Waals surface area contributed by atoms with Crippen LogP contribution < -0.4 is 5.73 Å². The van der Waals surface area contributed by atoms with Crippen LogP contribution in [0.3, 0.4) is 0 Å². The van der Waals surface area contributed by atoms with Gasteiger partial charge >= 0.3 is 0 Å². The monoisotopic (exact) mass is 330 g/mol. The summed E-state index contributed by atoms with van der Waals surface area (Å²) in [6, 6.07) is 6.01. The molecule has 100 valence electrons. The van der Waals surface area contributed by atoms with Crippen molar-refractivity contribution in [3.63, 3.8) is 0 Å². The van der Waals surface area contributed by atoms with Crippen LogP contribution in [0.5, 0.6) is 0 Å². The first kappa shape index (κ1) is 14.3. The molecule has 18 heavy (non-hydrogen) atoms. The van der Waals surface area contributed by atoms with Crippen molar-refractivity contribution in [3.8, 4) is 0 Å². The van der Waals surface area contributed by atoms with Crippen LogP contribution in [0, 0.1) is 11.8 Å². The largest absolute Gasteiger partial charge is 0.330 e. The molecule has 4 heteroatoms. The van der Waals surface area contributed by atoms with E-state index in [4.69, 9.17) is 17.3 Å². The molecular formula is C14H20BrClN2. The third-order valence-electron chi connectivity index (χ3n) is 3.91. The van der Waals surface area contributed by atoms with E-state index in [2.05, 4.69) is 33.8 Å². The summed E-state index contributed by atoms with van der Waals surface area (Å²) in [6.07, 6.45) is 1.24. The molecule has 1 heterocycles. The SMILES string of the molecule is CC1CCN(Cc2ccc(Cl)cc2Br)CC1CN. The second kappa shape index (κ2) is 6.38. The summed E-state index contributed by atoms with van der Waals surface area (Å²) in [5.74, 6) is 1.38. The molecule has 1 fully saturated rings. The number of benzene rings is 1. The van der Waals surface area contributed by atoms with E-state index in [1.807, 2.05) is 12.1 Å². The summed E-state index contributed by atoms with van der Waals surface area (Å²) in [5.41, 5.74) is 7.14. The topological polar surface area (TPSA) is 29.3 Å². The first-order chi connectivity index (χ1) is 8.60. The van der Waals surface area contributed by atoms with Gasteiger partial charge < -0.3 is 5.73 Å². The molecule has 2 nitrogen and oxygen atoms in total. The van der Waals surface area contributed by atoms with Gasteiger partial charge in [0.05, 0.1) is 0 Å². The standard InChI is InChI=1S/C14H20BrClN2/c1-10-4-5-18(9-12(10)7-17)8-11-2-3-13(16)6-14(11)15/h2-3,6,10,12H,4-5,7-9,17H2,1H3. The van der Waals surface area contributed by atoms with Crippen molar-refractivity contribution >= 4 is 27.5 Å². The van der Waals surface area contributed by atoms with Crippen molar-refractivity contribution < 1.29 is 0 Å². The predicted octanol–water partition coefficient (Wildman–Crippen LogP) is 3.52. The van der Waals surface area contributed by atoms with E-state index in [1.165, 1.54) is 12.0 Å². The van der Waals surface area contributed by atoms with E-state index in [0.29, 0.717) is 5.92 Å². The average Bonchev–Trinajstić information content (AvgIpc) is 2.35. The van der Waals surface area contributed by atoms with Gasteiger partial charge in [-0.15, -0.1) is 0 Å². The molecule has 0 radical (unpaired) electrons. The van der Waals surface area contributed by atoms with Gasteiger partial charge in [-0.3, -0.25) is 4.90 Å². The van der Waals surface area contributed by atoms with Crippen molar-refractivity contribution in [2.24, 2.45) is 17.6 Å². The Hall–Kier alpha value is -0.0900. The second-order valence-electron chi connectivity index (χ2n) is 5.23. The highest BCUT2D eigenvalue weighted by Crippen LogP contribution is 2.27. The van der Waals surface area contributed by atoms with Crippen molar-refractivity contribution in [2.45, 2.75) is 19.9 Å². The number of nitrogens with two attached hydrogens (primary N) is 1. The molecular weight excluding hydrogens is 312 g/mol. The molecule has 2 rings (SSSR count). The first-order valence-corrected chi connectivity index (χ1v) is 7.63. The lowest BCUT2D eigenvalue weighted by Crippen LogP contribution is -2.42. The number of likely N-dealkylation sites (tertiary alicyclic amines) is 1. The van der Waals surface area contributed by atoms with Crippen LogP contribution in [0.25, 0.3) is 0 Å². The van der Waals surface area contributed by atoms with Crippen LogP contribution in [-0.4, -0.2) is 24.5 Å². The summed E-state index contributed by atoms with van der Waals surface area (Å²) in [5, 5.41) is 0.776. The zero-order chi connectivity index (χ0) is 13.1. The highest BCUT2D eigenvalue weighted by atomic mass is 79.9. The Morgan fingerprint density at radius 2 is 2.28 bits per heavy atom. The molecule has 0 saturated carbocycles. The van der Waals surface area contributed by atoms with E-state index >= 15 is 0 Å². The zero-order valence-corrected chi connectivity index (χ0v) is 13.0. The molecule has 0 aromatic heterocycles. The highest BCUT2D eigenvalue weighted by Gasteiger charge is 2.25. The maximum atomic E-state index is 5.96. The van der Waals surface area contributed by atoms with Crippen LogP contribution >= 0.6 is 27.5 Å². The number of piperidine rings is 1. The Balaban J connectivity index is 2.01. The fraction of sp³-hybridized carbons (Fsp3) is 0.571. The fourth-order valence-corrected chi connectivity index (χ4v) is 3.37. The van der Waals surface area contributed by atoms with Gasteiger partial charge in [-0.25, -0.2) is 0 Å². The molecule has 1 aromatic rings. The van der Waals surface area contributed by atoms with Gasteiger partial charge in [0.25, 0.3) is 0 Å². The van der Waals surface area contributed by atoms with Crippen LogP contribution in [-0.2, 0) is 6.54 Å². The summed E-state index contributed by atoms with van der Waals surface area (Å²) in [4.78, 5) is 2.49. The quantitative estimate of drug-likeness (QED) is 0.918. The Morgan fingerprint density at radius 1 is 1.50 bits per heavy atom. The van der Waals surface area contributed by atoms with E-state index in [-0.39, 0.29) is 0 Å². The Kier molecular flexibility index (Phi) is 5.07. The number of hydrogen-bond donors (Lipinski definition) is 1. The molecule has 1 aliphatic heterocycles. The number of hydrogen-bond acceptors (Lipinski definition) is 2. The van der Waals surface area contributed by atoms with Gasteiger partial charge in [-0.1, -0.05) is 40.5 Å². The van der Waals surface area contributed by atoms with Gasteiger partial charge in [0.1, 0.15) is 0 Å². The summed E-state index contributed by atoms with van der Waals surface area (Å²) in [7, 11) is 0. The molecule has 0 amide bonds. The molecule has 0 aliphatic carbocycles. The average molecular weight is 332 g/mol. The zero-order valence-electron chi connectivity index (χ0n) is 10.7. The predicted molar refractivity (Wildman–Crippen MR) is 80.8 cm³/mol. The smallest absolute Gasteiger partial charge is 0.0417 e. The number of nitrogens with zero attached hydrogens (tertiary/aromatic N) is 1. The van der Waals surface area contributed by atoms with Crippen LogP contribution in [0.4, 0.5) is 0 Å². The van der Waals surface area contributed by atoms with E-state index in [1.54, 1.807) is 0 Å². The summed E-state index contributed by atoms with van der Waals surface area (Å²) in [6.45, 7) is 6.34. The van der Waals surface area contributed by atoms with Crippen molar-refractivity contribution in [2.75, 3.05) is 19.6 Å². The van der Waals surface area contributed by atoms with Crippen LogP contribution in [0.1, 0.15) is 18.9 Å². The second-order valence-corrected chi connectivity index (χ2v) is 6.52. The minimum Gasteiger partial charge on any atom is -0.330 e. The molecule has 1 aliphatic rings. The Morgan fingerprint density at radius 3 is 2.94 bits per heavy atom. The lowest BCUT2D eigenvalue weighted by Gasteiger charge is -2.36. The van der Waals surface area contributed by atoms with E-state index in [9.17, 15) is 0 Å². The third-order valence-corrected chi connectivity index (χ3v) is 4.88. The van der Waals surface area contributed by atoms with Crippen LogP contribution in [0.2, 0.25) is 5.02 Å². The molecule has 0 spiro atoms. The normalized spacial score (nSPS) is 25.3. The van der Waals surface area contributed by atoms with Gasteiger partial charge in [-0.2, -0.15) is 0 Å². The molecule has 2 N–H and O–H groups in total. The van der Waals surface area contributed by atoms with Gasteiger partial charge in [0.15, 0.2) is 0 Å². The van der Waals surface area contributed by atoms with Crippen molar-refractivity contribution in [1.29, 1.82) is 0 Å². The van der Waals surface area contributed by atoms with Crippen molar-refractivity contribution in [3.05, 3.63) is 33.3 Å². The third kappa shape index (κ3) is 3.47. The van der Waals surface area contributed by atoms with Gasteiger partial charge in [0.2, 0.25) is 0 Å². The minimum atomic E-state index is 0.629. The Bertz CT molecular complexity index is 411. The summed E-state index contributed by atoms with van der Waals surface area (Å²) < 4.78 is 1.10. The first-order valence-electron chi connectivity index (χ1n) is 6.46. The molecule has 1 saturated heterocycles. The lowest BCUT2D eigenvalue weighted by atomic mass is 9.87. The maximum absolute atomic E-state index is 5.96. The van der Waals surface area contributed by atoms with E-state index < -0.39 is 0 Å². The van der Waals surface area contributed by atoms with E-state index in [0.717, 1.165) is 41.6 Å². The number of rotatable bonds is 3. The number of halogens is 2. The molecule has 2 unspecified atom stereocenters. The lowest BCUT2D eigenvalue weighted by molar-refractivity contribution is 0.126. The van der Waals surface area contributed by atoms with Gasteiger partial charge in [-0.05, 0) is 49.0 Å². The van der Waals surface area contributed by atoms with Crippen LogP contribution in [0.15, 0.2) is 22.7 Å².